The zero-order valence-corrected chi connectivity index (χ0v) is 20.5. The number of hydrazone groups is 1. The quantitative estimate of drug-likeness (QED) is 0.512. The monoisotopic (exact) mass is 488 g/mol. The van der Waals surface area contributed by atoms with Crippen LogP contribution in [0.25, 0.3) is 0 Å². The number of rotatable bonds is 5. The van der Waals surface area contributed by atoms with Gasteiger partial charge in [0, 0.05) is 18.5 Å². The van der Waals surface area contributed by atoms with E-state index in [9.17, 15) is 9.59 Å². The average molecular weight is 489 g/mol. The number of anilines is 1. The molecule has 0 saturated heterocycles. The minimum atomic E-state index is -0.557. The number of amides is 2. The predicted molar refractivity (Wildman–Crippen MR) is 139 cm³/mol. The molecule has 8 heteroatoms. The topological polar surface area (TPSA) is 74.1 Å². The fraction of sp³-hybridized carbons (Fsp3) is 0.231. The molecule has 0 unspecified atom stereocenters. The zero-order valence-electron chi connectivity index (χ0n) is 18.9. The minimum Gasteiger partial charge on any atom is -0.326 e. The molecule has 2 atom stereocenters. The minimum absolute atomic E-state index is 0.0415. The molecule has 3 aromatic rings. The lowest BCUT2D eigenvalue weighted by atomic mass is 10.0. The van der Waals surface area contributed by atoms with Gasteiger partial charge in [-0.05, 0) is 54.1 Å². The zero-order chi connectivity index (χ0) is 23.7. The number of hydrogen-bond donors (Lipinski definition) is 1. The number of nitrogens with one attached hydrogen (secondary N) is 1. The number of amidine groups is 1. The van der Waals surface area contributed by atoms with Gasteiger partial charge in [-0.2, -0.15) is 10.1 Å². The number of thioether (sulfide) groups is 1. The van der Waals surface area contributed by atoms with Gasteiger partial charge >= 0.3 is 0 Å². The van der Waals surface area contributed by atoms with Crippen LogP contribution in [0.3, 0.4) is 0 Å². The fourth-order valence-corrected chi connectivity index (χ4v) is 6.03. The third kappa shape index (κ3) is 4.83. The van der Waals surface area contributed by atoms with E-state index in [4.69, 9.17) is 5.10 Å². The molecule has 2 aromatic carbocycles. The third-order valence-corrected chi connectivity index (χ3v) is 7.76. The Morgan fingerprint density at radius 3 is 2.56 bits per heavy atom. The number of aryl methyl sites for hydroxylation is 2. The fourth-order valence-electron chi connectivity index (χ4n) is 4.24. The number of carbonyl (C=O) groups is 2. The second-order valence-corrected chi connectivity index (χ2v) is 10.6. The van der Waals surface area contributed by atoms with Gasteiger partial charge in [0.15, 0.2) is 5.17 Å². The van der Waals surface area contributed by atoms with Gasteiger partial charge in [0.05, 0.1) is 16.6 Å². The van der Waals surface area contributed by atoms with E-state index in [1.807, 2.05) is 60.6 Å². The van der Waals surface area contributed by atoms with Crippen molar-refractivity contribution in [2.45, 2.75) is 38.0 Å². The summed E-state index contributed by atoms with van der Waals surface area (Å²) in [5.41, 5.74) is 4.99. The molecule has 6 nitrogen and oxygen atoms in total. The molecule has 2 amide bonds. The number of thiophene rings is 1. The SMILES string of the molecule is Cc1cc(C)cc(NC(=O)C[C@H]2SC(N3N=C(c4cccs4)C[C@H]3c3ccccc3)=NC2=O)c1. The van der Waals surface area contributed by atoms with Gasteiger partial charge in [0.1, 0.15) is 5.25 Å². The summed E-state index contributed by atoms with van der Waals surface area (Å²) in [5.74, 6) is -0.488. The lowest BCUT2D eigenvalue weighted by molar-refractivity contribution is -0.121. The lowest BCUT2D eigenvalue weighted by Crippen LogP contribution is -2.25. The maximum Gasteiger partial charge on any atom is 0.262 e. The molecule has 34 heavy (non-hydrogen) atoms. The third-order valence-electron chi connectivity index (χ3n) is 5.70. The molecule has 5 rings (SSSR count). The van der Waals surface area contributed by atoms with Crippen LogP contribution in [0.2, 0.25) is 0 Å². The Bertz CT molecular complexity index is 1270. The first-order chi connectivity index (χ1) is 16.5. The summed E-state index contributed by atoms with van der Waals surface area (Å²) >= 11 is 2.97. The highest BCUT2D eigenvalue weighted by molar-refractivity contribution is 8.15. The van der Waals surface area contributed by atoms with Crippen molar-refractivity contribution in [3.05, 3.63) is 87.6 Å². The maximum absolute atomic E-state index is 12.7. The van der Waals surface area contributed by atoms with E-state index >= 15 is 0 Å². The summed E-state index contributed by atoms with van der Waals surface area (Å²) in [5, 5.41) is 11.7. The molecular weight excluding hydrogens is 464 g/mol. The van der Waals surface area contributed by atoms with Crippen LogP contribution in [0.5, 0.6) is 0 Å². The van der Waals surface area contributed by atoms with Gasteiger partial charge < -0.3 is 5.32 Å². The molecule has 0 fully saturated rings. The Morgan fingerprint density at radius 1 is 1.09 bits per heavy atom. The number of nitrogens with zero attached hydrogens (tertiary/aromatic N) is 3. The van der Waals surface area contributed by atoms with E-state index < -0.39 is 5.25 Å². The molecular formula is C26H24N4O2S2. The van der Waals surface area contributed by atoms with Gasteiger partial charge in [0.2, 0.25) is 5.91 Å². The Labute approximate surface area is 206 Å². The standard InChI is InChI=1S/C26H24N4O2S2/c1-16-11-17(2)13-19(12-16)27-24(31)15-23-25(32)28-26(34-23)30-21(18-7-4-3-5-8-18)14-20(29-30)22-9-6-10-33-22/h3-13,21,23H,14-15H2,1-2H3,(H,27,31)/t21-,23+/m0/s1. The van der Waals surface area contributed by atoms with Crippen LogP contribution in [0.4, 0.5) is 5.69 Å². The Balaban J connectivity index is 1.32. The number of aliphatic imine (C=N–C) groups is 1. The molecule has 1 N–H and O–H groups in total. The normalized spacial score (nSPS) is 19.8. The van der Waals surface area contributed by atoms with E-state index in [2.05, 4.69) is 34.6 Å². The van der Waals surface area contributed by atoms with Crippen LogP contribution in [-0.2, 0) is 9.59 Å². The molecule has 2 aliphatic rings. The highest BCUT2D eigenvalue weighted by Gasteiger charge is 2.39. The summed E-state index contributed by atoms with van der Waals surface area (Å²) in [7, 11) is 0. The Hall–Kier alpha value is -3.23. The Morgan fingerprint density at radius 2 is 1.85 bits per heavy atom. The van der Waals surface area contributed by atoms with Crippen LogP contribution in [0.15, 0.2) is 76.1 Å². The van der Waals surface area contributed by atoms with E-state index in [1.165, 1.54) is 11.8 Å². The molecule has 2 aliphatic heterocycles. The van der Waals surface area contributed by atoms with Gasteiger partial charge in [-0.15, -0.1) is 11.3 Å². The number of carbonyl (C=O) groups excluding carboxylic acids is 2. The molecule has 1 aromatic heterocycles. The van der Waals surface area contributed by atoms with Gasteiger partial charge in [-0.3, -0.25) is 9.59 Å². The number of benzene rings is 2. The second kappa shape index (κ2) is 9.56. The van der Waals surface area contributed by atoms with E-state index in [0.717, 1.165) is 39.4 Å². The molecule has 0 bridgehead atoms. The van der Waals surface area contributed by atoms with Crippen molar-refractivity contribution >= 4 is 51.5 Å². The first kappa shape index (κ1) is 22.6. The van der Waals surface area contributed by atoms with Crippen molar-refractivity contribution in [3.8, 4) is 0 Å². The summed E-state index contributed by atoms with van der Waals surface area (Å²) in [6.45, 7) is 3.98. The van der Waals surface area contributed by atoms with Crippen LogP contribution >= 0.6 is 23.1 Å². The Kier molecular flexibility index (Phi) is 6.34. The van der Waals surface area contributed by atoms with E-state index in [1.54, 1.807) is 11.3 Å². The summed E-state index contributed by atoms with van der Waals surface area (Å²) in [6, 6.07) is 20.1. The van der Waals surface area contributed by atoms with Gasteiger partial charge in [-0.1, -0.05) is 54.2 Å². The molecule has 3 heterocycles. The van der Waals surface area contributed by atoms with Crippen molar-refractivity contribution < 1.29 is 9.59 Å². The van der Waals surface area contributed by atoms with Gasteiger partial charge in [-0.25, -0.2) is 5.01 Å². The first-order valence-corrected chi connectivity index (χ1v) is 12.8. The smallest absolute Gasteiger partial charge is 0.262 e. The van der Waals surface area contributed by atoms with Crippen LogP contribution in [-0.4, -0.2) is 33.0 Å². The number of hydrogen-bond acceptors (Lipinski definition) is 6. The second-order valence-electron chi connectivity index (χ2n) is 8.47. The van der Waals surface area contributed by atoms with Crippen LogP contribution in [0.1, 0.15) is 40.5 Å². The highest BCUT2D eigenvalue weighted by atomic mass is 32.2. The first-order valence-electron chi connectivity index (χ1n) is 11.1. The highest BCUT2D eigenvalue weighted by Crippen LogP contribution is 2.39. The van der Waals surface area contributed by atoms with E-state index in [-0.39, 0.29) is 24.3 Å². The molecule has 0 radical (unpaired) electrons. The van der Waals surface area contributed by atoms with Crippen molar-refractivity contribution in [2.24, 2.45) is 10.1 Å². The van der Waals surface area contributed by atoms with Crippen molar-refractivity contribution in [2.75, 3.05) is 5.32 Å². The summed E-state index contributed by atoms with van der Waals surface area (Å²) < 4.78 is 0. The predicted octanol–water partition coefficient (Wildman–Crippen LogP) is 5.54. The van der Waals surface area contributed by atoms with Crippen LogP contribution < -0.4 is 5.32 Å². The average Bonchev–Trinajstić information content (AvgIpc) is 3.54. The molecule has 0 spiro atoms. The maximum atomic E-state index is 12.7. The summed E-state index contributed by atoms with van der Waals surface area (Å²) in [4.78, 5) is 30.8. The summed E-state index contributed by atoms with van der Waals surface area (Å²) in [6.07, 6.45) is 0.797. The van der Waals surface area contributed by atoms with Gasteiger partial charge in [0.25, 0.3) is 5.91 Å². The lowest BCUT2D eigenvalue weighted by Gasteiger charge is -2.23. The van der Waals surface area contributed by atoms with Crippen molar-refractivity contribution in [1.82, 2.24) is 5.01 Å². The van der Waals surface area contributed by atoms with Crippen molar-refractivity contribution in [3.63, 3.8) is 0 Å². The molecule has 0 aliphatic carbocycles. The largest absolute Gasteiger partial charge is 0.326 e. The molecule has 0 saturated carbocycles. The van der Waals surface area contributed by atoms with Crippen molar-refractivity contribution in [1.29, 1.82) is 0 Å². The molecule has 172 valence electrons. The van der Waals surface area contributed by atoms with Crippen LogP contribution in [0, 0.1) is 13.8 Å². The van der Waals surface area contributed by atoms with E-state index in [0.29, 0.717) is 5.17 Å².